The Labute approximate surface area is 271 Å². The van der Waals surface area contributed by atoms with E-state index in [2.05, 4.69) is 20.8 Å². The molecule has 0 aliphatic carbocycles. The Morgan fingerprint density at radius 1 is 0.434 bits per heavy atom. The summed E-state index contributed by atoms with van der Waals surface area (Å²) in [7, 11) is 0. The SMILES string of the molecule is C=C(C)C(=O)OCC(COC(=O)C(F)(F)C(F)(F)C(F)(F)C(F)(F)C(F)(F)C(F)(F)F)OC(=O)C(F)(F)C(F)(F)C(F)(F)C(F)(F)C(F)(F)C(F)(F)F. The number of halogens is 26. The Morgan fingerprint density at radius 2 is 0.698 bits per heavy atom. The second-order valence-electron chi connectivity index (χ2n) is 9.74. The van der Waals surface area contributed by atoms with Crippen LogP contribution in [-0.2, 0) is 28.6 Å². The van der Waals surface area contributed by atoms with Crippen molar-refractivity contribution >= 4 is 17.9 Å². The maximum atomic E-state index is 14.1. The fraction of sp³-hybridized carbons (Fsp3) is 0.762. The van der Waals surface area contributed by atoms with Gasteiger partial charge in [-0.3, -0.25) is 0 Å². The number of rotatable bonds is 16. The molecule has 32 heteroatoms. The van der Waals surface area contributed by atoms with E-state index in [1.807, 2.05) is 0 Å². The first-order valence-electron chi connectivity index (χ1n) is 11.9. The van der Waals surface area contributed by atoms with Crippen molar-refractivity contribution < 1.29 is 143 Å². The van der Waals surface area contributed by atoms with E-state index in [9.17, 15) is 129 Å². The van der Waals surface area contributed by atoms with E-state index in [0.717, 1.165) is 0 Å². The molecule has 1 atom stereocenters. The maximum absolute atomic E-state index is 14.1. The van der Waals surface area contributed by atoms with Gasteiger partial charge in [0.15, 0.2) is 6.10 Å². The van der Waals surface area contributed by atoms with E-state index in [1.165, 1.54) is 0 Å². The molecule has 0 aromatic rings. The van der Waals surface area contributed by atoms with Gasteiger partial charge < -0.3 is 14.2 Å². The van der Waals surface area contributed by atoms with Gasteiger partial charge in [0.2, 0.25) is 0 Å². The van der Waals surface area contributed by atoms with Gasteiger partial charge in [-0.05, 0) is 6.92 Å². The number of hydrogen-bond acceptors (Lipinski definition) is 6. The van der Waals surface area contributed by atoms with Crippen LogP contribution in [0, 0.1) is 0 Å². The van der Waals surface area contributed by atoms with Gasteiger partial charge in [0.05, 0.1) is 0 Å². The first kappa shape index (κ1) is 49.3. The summed E-state index contributed by atoms with van der Waals surface area (Å²) >= 11 is 0. The lowest BCUT2D eigenvalue weighted by atomic mass is 9.94. The quantitative estimate of drug-likeness (QED) is 0.0678. The molecule has 0 N–H and O–H groups in total. The third-order valence-electron chi connectivity index (χ3n) is 5.80. The molecule has 53 heavy (non-hydrogen) atoms. The monoisotopic (exact) mass is 852 g/mol. The number of hydrogen-bond donors (Lipinski definition) is 0. The first-order chi connectivity index (χ1) is 22.7. The summed E-state index contributed by atoms with van der Waals surface area (Å²) in [5, 5.41) is 0. The van der Waals surface area contributed by atoms with Gasteiger partial charge in [0.1, 0.15) is 13.2 Å². The molecule has 0 radical (unpaired) electrons. The third-order valence-corrected chi connectivity index (χ3v) is 5.80. The summed E-state index contributed by atoms with van der Waals surface area (Å²) in [6.45, 7) is -2.04. The van der Waals surface area contributed by atoms with E-state index >= 15 is 0 Å². The highest BCUT2D eigenvalue weighted by Crippen LogP contribution is 2.62. The van der Waals surface area contributed by atoms with Crippen LogP contribution in [0.2, 0.25) is 0 Å². The molecular formula is C21H10F26O6. The Balaban J connectivity index is 6.80. The van der Waals surface area contributed by atoms with Crippen molar-refractivity contribution in [3.8, 4) is 0 Å². The molecule has 0 spiro atoms. The van der Waals surface area contributed by atoms with Crippen LogP contribution < -0.4 is 0 Å². The molecule has 0 aromatic carbocycles. The molecule has 0 aromatic heterocycles. The van der Waals surface area contributed by atoms with Crippen LogP contribution >= 0.6 is 0 Å². The highest BCUT2D eigenvalue weighted by molar-refractivity contribution is 5.87. The number of alkyl halides is 26. The lowest BCUT2D eigenvalue weighted by Gasteiger charge is -2.39. The van der Waals surface area contributed by atoms with Gasteiger partial charge in [-0.2, -0.15) is 114 Å². The number of ether oxygens (including phenoxy) is 3. The topological polar surface area (TPSA) is 78.9 Å². The van der Waals surface area contributed by atoms with E-state index in [0.29, 0.717) is 6.92 Å². The molecule has 312 valence electrons. The van der Waals surface area contributed by atoms with E-state index < -0.39 is 114 Å². The third kappa shape index (κ3) is 7.67. The van der Waals surface area contributed by atoms with Gasteiger partial charge >= 0.3 is 89.5 Å². The Kier molecular flexibility index (Phi) is 12.9. The second-order valence-corrected chi connectivity index (χ2v) is 9.74. The second kappa shape index (κ2) is 13.9. The van der Waals surface area contributed by atoms with Crippen LogP contribution in [0.1, 0.15) is 6.92 Å². The lowest BCUT2D eigenvalue weighted by Crippen LogP contribution is -2.71. The predicted molar refractivity (Wildman–Crippen MR) is 108 cm³/mol. The maximum Gasteiger partial charge on any atom is 0.460 e. The minimum atomic E-state index is -8.69. The minimum Gasteiger partial charge on any atom is -0.458 e. The molecule has 6 nitrogen and oxygen atoms in total. The molecule has 0 aliphatic heterocycles. The lowest BCUT2D eigenvalue weighted by molar-refractivity contribution is -0.437. The molecule has 0 fully saturated rings. The van der Waals surface area contributed by atoms with Gasteiger partial charge in [-0.1, -0.05) is 6.58 Å². The predicted octanol–water partition coefficient (Wildman–Crippen LogP) is 8.04. The molecular weight excluding hydrogens is 842 g/mol. The zero-order chi connectivity index (χ0) is 43.4. The van der Waals surface area contributed by atoms with Gasteiger partial charge in [0.25, 0.3) is 0 Å². The standard InChI is InChI=1S/C21H10F26O6/c1-5(2)7(48)51-3-6(53-9(50)11(24,25)13(28,29)15(32,33)17(36,37)19(40,41)21(45,46)47)4-52-8(49)10(22,23)12(26,27)14(30,31)16(34,35)18(38,39)20(42,43)44/h6H,1,3-4H2,2H3. The average molecular weight is 852 g/mol. The molecule has 0 heterocycles. The Bertz CT molecular complexity index is 1390. The van der Waals surface area contributed by atoms with E-state index in [-0.39, 0.29) is 0 Å². The molecule has 0 aliphatic rings. The van der Waals surface area contributed by atoms with Crippen LogP contribution in [0.3, 0.4) is 0 Å². The van der Waals surface area contributed by atoms with Crippen LogP contribution in [0.25, 0.3) is 0 Å². The van der Waals surface area contributed by atoms with Crippen molar-refractivity contribution in [2.24, 2.45) is 0 Å². The van der Waals surface area contributed by atoms with Crippen molar-refractivity contribution in [1.29, 1.82) is 0 Å². The van der Waals surface area contributed by atoms with Crippen molar-refractivity contribution in [3.05, 3.63) is 12.2 Å². The minimum absolute atomic E-state index is 0.609. The summed E-state index contributed by atoms with van der Waals surface area (Å²) < 4.78 is 354. The number of esters is 3. The molecule has 0 rings (SSSR count). The van der Waals surface area contributed by atoms with Gasteiger partial charge in [0, 0.05) is 5.57 Å². The molecule has 0 bridgehead atoms. The summed E-state index contributed by atoms with van der Waals surface area (Å²) in [6, 6.07) is 0. The van der Waals surface area contributed by atoms with Gasteiger partial charge in [-0.25, -0.2) is 14.4 Å². The fourth-order valence-electron chi connectivity index (χ4n) is 2.69. The number of carbonyl (C=O) groups is 3. The Hall–Kier alpha value is -3.67. The smallest absolute Gasteiger partial charge is 0.458 e. The largest absolute Gasteiger partial charge is 0.460 e. The van der Waals surface area contributed by atoms with Crippen molar-refractivity contribution in [1.82, 2.24) is 0 Å². The summed E-state index contributed by atoms with van der Waals surface area (Å²) in [6.07, 6.45) is -19.6. The van der Waals surface area contributed by atoms with Crippen molar-refractivity contribution in [2.45, 2.75) is 84.6 Å². The molecule has 1 unspecified atom stereocenters. The summed E-state index contributed by atoms with van der Waals surface area (Å²) in [5.41, 5.74) is -0.901. The van der Waals surface area contributed by atoms with Crippen LogP contribution in [0.5, 0.6) is 0 Å². The van der Waals surface area contributed by atoms with Crippen LogP contribution in [0.15, 0.2) is 12.2 Å². The molecule has 0 saturated carbocycles. The van der Waals surface area contributed by atoms with E-state index in [4.69, 9.17) is 0 Å². The van der Waals surface area contributed by atoms with Crippen LogP contribution in [-0.4, -0.2) is 109 Å². The Morgan fingerprint density at radius 3 is 0.981 bits per heavy atom. The highest BCUT2D eigenvalue weighted by Gasteiger charge is 2.93. The van der Waals surface area contributed by atoms with Crippen molar-refractivity contribution in [2.75, 3.05) is 13.2 Å². The van der Waals surface area contributed by atoms with Crippen molar-refractivity contribution in [3.63, 3.8) is 0 Å². The zero-order valence-electron chi connectivity index (χ0n) is 24.0. The highest BCUT2D eigenvalue weighted by atomic mass is 19.4. The number of carbonyl (C=O) groups excluding carboxylic acids is 3. The summed E-state index contributed by atoms with van der Waals surface area (Å²) in [4.78, 5) is 34.4. The molecule has 0 saturated heterocycles. The fourth-order valence-corrected chi connectivity index (χ4v) is 2.69. The zero-order valence-corrected chi connectivity index (χ0v) is 24.0. The first-order valence-corrected chi connectivity index (χ1v) is 11.9. The van der Waals surface area contributed by atoms with Crippen LogP contribution in [0.4, 0.5) is 114 Å². The van der Waals surface area contributed by atoms with E-state index in [1.54, 1.807) is 0 Å². The van der Waals surface area contributed by atoms with Gasteiger partial charge in [-0.15, -0.1) is 0 Å². The normalized spacial score (nSPS) is 15.8. The molecule has 0 amide bonds. The average Bonchev–Trinajstić information content (AvgIpc) is 2.95. The summed E-state index contributed by atoms with van der Waals surface area (Å²) in [5.74, 6) is -95.0.